The predicted octanol–water partition coefficient (Wildman–Crippen LogP) is 4.19. The number of nitrogens with zero attached hydrogens (tertiary/aromatic N) is 1. The molecule has 0 unspecified atom stereocenters. The Morgan fingerprint density at radius 3 is 1.92 bits per heavy atom. The first-order valence-corrected chi connectivity index (χ1v) is 7.80. The molecule has 0 saturated heterocycles. The van der Waals surface area contributed by atoms with Gasteiger partial charge in [-0.25, -0.2) is 4.79 Å². The monoisotopic (exact) mass is 357 g/mol. The van der Waals surface area contributed by atoms with Crippen LogP contribution in [0.5, 0.6) is 0 Å². The number of ether oxygens (including phenoxy) is 1. The Morgan fingerprint density at radius 2 is 1.42 bits per heavy atom. The first-order valence-electron chi connectivity index (χ1n) is 7.80. The van der Waals surface area contributed by atoms with E-state index in [1.54, 1.807) is 45.0 Å². The Kier molecular flexibility index (Phi) is 5.56. The summed E-state index contributed by atoms with van der Waals surface area (Å²) in [5.41, 5.74) is 0.649. The molecular weight excluding hydrogens is 338 g/mol. The van der Waals surface area contributed by atoms with Crippen LogP contribution in [0.4, 0.5) is 21.9 Å². The van der Waals surface area contributed by atoms with E-state index in [-0.39, 0.29) is 11.6 Å². The molecule has 2 rings (SSSR count). The lowest BCUT2D eigenvalue weighted by Gasteiger charge is -2.19. The molecule has 0 spiro atoms. The number of amides is 2. The largest absolute Gasteiger partial charge is 0.444 e. The van der Waals surface area contributed by atoms with E-state index in [1.165, 1.54) is 24.3 Å². The molecule has 2 amide bonds. The van der Waals surface area contributed by atoms with Crippen LogP contribution in [-0.4, -0.2) is 22.5 Å². The van der Waals surface area contributed by atoms with E-state index in [0.717, 1.165) is 0 Å². The maximum atomic E-state index is 12.2. The number of anilines is 2. The highest BCUT2D eigenvalue weighted by Crippen LogP contribution is 2.17. The van der Waals surface area contributed by atoms with Crippen molar-refractivity contribution in [1.82, 2.24) is 0 Å². The predicted molar refractivity (Wildman–Crippen MR) is 97.3 cm³/mol. The second kappa shape index (κ2) is 7.64. The van der Waals surface area contributed by atoms with Crippen LogP contribution in [-0.2, 0) is 4.74 Å². The minimum Gasteiger partial charge on any atom is -0.444 e. The number of carbonyl (C=O) groups excluding carboxylic acids is 2. The van der Waals surface area contributed by atoms with Crippen LogP contribution in [0.15, 0.2) is 48.5 Å². The topological polar surface area (TPSA) is 111 Å². The van der Waals surface area contributed by atoms with E-state index in [1.807, 2.05) is 0 Å². The number of non-ortho nitro benzene ring substituents is 1. The zero-order valence-electron chi connectivity index (χ0n) is 14.6. The van der Waals surface area contributed by atoms with Crippen molar-refractivity contribution in [2.75, 3.05) is 10.6 Å². The van der Waals surface area contributed by atoms with Gasteiger partial charge in [0.25, 0.3) is 11.6 Å². The van der Waals surface area contributed by atoms with E-state index in [9.17, 15) is 19.7 Å². The number of hydrogen-bond acceptors (Lipinski definition) is 5. The smallest absolute Gasteiger partial charge is 0.412 e. The van der Waals surface area contributed by atoms with Crippen LogP contribution in [0, 0.1) is 10.1 Å². The average molecular weight is 357 g/mol. The third kappa shape index (κ3) is 5.59. The minimum atomic E-state index is -0.603. The van der Waals surface area contributed by atoms with Crippen LogP contribution in [0.3, 0.4) is 0 Å². The zero-order valence-corrected chi connectivity index (χ0v) is 14.6. The summed E-state index contributed by atoms with van der Waals surface area (Å²) in [5.74, 6) is -0.373. The summed E-state index contributed by atoms with van der Waals surface area (Å²) < 4.78 is 5.15. The molecule has 0 aliphatic carbocycles. The van der Waals surface area contributed by atoms with Crippen LogP contribution in [0.2, 0.25) is 0 Å². The van der Waals surface area contributed by atoms with Crippen molar-refractivity contribution < 1.29 is 19.2 Å². The Morgan fingerprint density at radius 1 is 0.923 bits per heavy atom. The van der Waals surface area contributed by atoms with Gasteiger partial charge in [0.05, 0.1) is 4.92 Å². The maximum absolute atomic E-state index is 12.2. The molecule has 0 heterocycles. The summed E-state index contributed by atoms with van der Waals surface area (Å²) >= 11 is 0. The maximum Gasteiger partial charge on any atom is 0.412 e. The van der Waals surface area contributed by atoms with Gasteiger partial charge in [0.1, 0.15) is 5.60 Å². The van der Waals surface area contributed by atoms with Gasteiger partial charge in [-0.15, -0.1) is 0 Å². The lowest BCUT2D eigenvalue weighted by molar-refractivity contribution is -0.384. The van der Waals surface area contributed by atoms with Crippen molar-refractivity contribution in [3.8, 4) is 0 Å². The molecule has 136 valence electrons. The Hall–Kier alpha value is -3.42. The number of rotatable bonds is 4. The van der Waals surface area contributed by atoms with Crippen molar-refractivity contribution in [3.05, 3.63) is 64.2 Å². The van der Waals surface area contributed by atoms with Gasteiger partial charge in [0, 0.05) is 29.1 Å². The molecule has 0 atom stereocenters. The first kappa shape index (κ1) is 18.9. The fourth-order valence-corrected chi connectivity index (χ4v) is 2.00. The summed E-state index contributed by atoms with van der Waals surface area (Å²) in [6, 6.07) is 11.8. The number of hydrogen-bond donors (Lipinski definition) is 2. The van der Waals surface area contributed by atoms with Crippen LogP contribution in [0.1, 0.15) is 31.1 Å². The molecule has 0 aliphatic heterocycles. The van der Waals surface area contributed by atoms with Crippen LogP contribution in [0.25, 0.3) is 0 Å². The first-order chi connectivity index (χ1) is 12.1. The molecule has 0 radical (unpaired) electrons. The molecule has 8 heteroatoms. The van der Waals surface area contributed by atoms with Crippen molar-refractivity contribution in [3.63, 3.8) is 0 Å². The fraction of sp³-hybridized carbons (Fsp3) is 0.222. The van der Waals surface area contributed by atoms with E-state index in [4.69, 9.17) is 4.74 Å². The Balaban J connectivity index is 1.97. The summed E-state index contributed by atoms with van der Waals surface area (Å²) in [5, 5.41) is 15.8. The quantitative estimate of drug-likeness (QED) is 0.629. The zero-order chi connectivity index (χ0) is 19.3. The molecule has 0 bridgehead atoms. The fourth-order valence-electron chi connectivity index (χ4n) is 2.00. The average Bonchev–Trinajstić information content (AvgIpc) is 2.54. The van der Waals surface area contributed by atoms with Crippen molar-refractivity contribution in [1.29, 1.82) is 0 Å². The molecule has 2 aromatic rings. The molecule has 0 saturated carbocycles. The molecule has 0 aromatic heterocycles. The second-order valence-corrected chi connectivity index (χ2v) is 6.46. The van der Waals surface area contributed by atoms with Gasteiger partial charge in [0.15, 0.2) is 0 Å². The van der Waals surface area contributed by atoms with Gasteiger partial charge in [-0.2, -0.15) is 0 Å². The van der Waals surface area contributed by atoms with Crippen LogP contribution >= 0.6 is 0 Å². The lowest BCUT2D eigenvalue weighted by atomic mass is 10.2. The minimum absolute atomic E-state index is 0.0550. The molecule has 26 heavy (non-hydrogen) atoms. The van der Waals surface area contributed by atoms with E-state index in [2.05, 4.69) is 10.6 Å². The van der Waals surface area contributed by atoms with Gasteiger partial charge in [-0.1, -0.05) is 0 Å². The van der Waals surface area contributed by atoms with E-state index >= 15 is 0 Å². The molecule has 8 nitrogen and oxygen atoms in total. The standard InChI is InChI=1S/C18H19N3O5/c1-18(2,3)26-17(23)20-14-6-4-12(5-7-14)16(22)19-13-8-10-15(11-9-13)21(24)25/h4-11H,1-3H3,(H,19,22)(H,20,23). The number of nitrogens with one attached hydrogen (secondary N) is 2. The highest BCUT2D eigenvalue weighted by atomic mass is 16.6. The highest BCUT2D eigenvalue weighted by Gasteiger charge is 2.16. The summed E-state index contributed by atoms with van der Waals surface area (Å²) in [7, 11) is 0. The second-order valence-electron chi connectivity index (χ2n) is 6.46. The third-order valence-electron chi connectivity index (χ3n) is 3.13. The summed E-state index contributed by atoms with van der Waals surface area (Å²) in [6.45, 7) is 5.29. The van der Waals surface area contributed by atoms with Gasteiger partial charge < -0.3 is 10.1 Å². The van der Waals surface area contributed by atoms with Gasteiger partial charge in [-0.05, 0) is 57.2 Å². The van der Waals surface area contributed by atoms with Crippen molar-refractivity contribution in [2.45, 2.75) is 26.4 Å². The number of carbonyl (C=O) groups is 2. The molecule has 2 N–H and O–H groups in total. The normalized spacial score (nSPS) is 10.7. The molecule has 2 aromatic carbocycles. The van der Waals surface area contributed by atoms with Crippen molar-refractivity contribution in [2.24, 2.45) is 0 Å². The molecular formula is C18H19N3O5. The number of nitro benzene ring substituents is 1. The number of benzene rings is 2. The highest BCUT2D eigenvalue weighted by molar-refractivity contribution is 6.04. The van der Waals surface area contributed by atoms with Gasteiger partial charge >= 0.3 is 6.09 Å². The molecule has 0 fully saturated rings. The summed E-state index contributed by atoms with van der Waals surface area (Å²) in [4.78, 5) is 34.0. The lowest BCUT2D eigenvalue weighted by Crippen LogP contribution is -2.27. The van der Waals surface area contributed by atoms with Crippen molar-refractivity contribution >= 4 is 29.1 Å². The Bertz CT molecular complexity index is 808. The number of nitro groups is 1. The van der Waals surface area contributed by atoms with E-state index in [0.29, 0.717) is 16.9 Å². The van der Waals surface area contributed by atoms with Crippen LogP contribution < -0.4 is 10.6 Å². The summed E-state index contributed by atoms with van der Waals surface area (Å²) in [6.07, 6.45) is -0.583. The molecule has 0 aliphatic rings. The van der Waals surface area contributed by atoms with E-state index < -0.39 is 16.6 Å². The Labute approximate surface area is 150 Å². The third-order valence-corrected chi connectivity index (χ3v) is 3.13. The SMILES string of the molecule is CC(C)(C)OC(=O)Nc1ccc(C(=O)Nc2ccc([N+](=O)[O-])cc2)cc1. The van der Waals surface area contributed by atoms with Gasteiger partial charge in [0.2, 0.25) is 0 Å². The van der Waals surface area contributed by atoms with Gasteiger partial charge in [-0.3, -0.25) is 20.2 Å².